The van der Waals surface area contributed by atoms with Crippen LogP contribution in [0.4, 0.5) is 5.13 Å². The number of hydrogen-bond donors (Lipinski definition) is 0. The molecule has 0 amide bonds. The van der Waals surface area contributed by atoms with Crippen LogP contribution >= 0.6 is 23.1 Å². The predicted octanol–water partition coefficient (Wildman–Crippen LogP) is 3.50. The third-order valence-electron chi connectivity index (χ3n) is 4.47. The zero-order valence-corrected chi connectivity index (χ0v) is 14.3. The van der Waals surface area contributed by atoms with E-state index in [4.69, 9.17) is 0 Å². The molecular weight excluding hydrogens is 310 g/mol. The van der Waals surface area contributed by atoms with E-state index >= 15 is 0 Å². The number of anilines is 1. The van der Waals surface area contributed by atoms with Gasteiger partial charge in [0.2, 0.25) is 0 Å². The summed E-state index contributed by atoms with van der Waals surface area (Å²) in [6.45, 7) is 5.55. The lowest BCUT2D eigenvalue weighted by Gasteiger charge is -2.35. The van der Waals surface area contributed by atoms with E-state index in [1.165, 1.54) is 29.3 Å². The van der Waals surface area contributed by atoms with E-state index in [-0.39, 0.29) is 0 Å². The van der Waals surface area contributed by atoms with E-state index < -0.39 is 0 Å². The highest BCUT2D eigenvalue weighted by Gasteiger charge is 2.20. The summed E-state index contributed by atoms with van der Waals surface area (Å²) in [4.78, 5) is 11.0. The van der Waals surface area contributed by atoms with Crippen molar-refractivity contribution in [3.63, 3.8) is 0 Å². The van der Waals surface area contributed by atoms with E-state index in [9.17, 15) is 0 Å². The van der Waals surface area contributed by atoms with Crippen molar-refractivity contribution < 1.29 is 0 Å². The van der Waals surface area contributed by atoms with Gasteiger partial charge in [-0.2, -0.15) is 0 Å². The molecule has 0 saturated carbocycles. The average Bonchev–Trinajstić information content (AvgIpc) is 3.10. The Kier molecular flexibility index (Phi) is 4.37. The molecule has 0 aliphatic carbocycles. The normalized spacial score (nSPS) is 19.2. The van der Waals surface area contributed by atoms with Crippen molar-refractivity contribution in [2.75, 3.05) is 36.8 Å². The molecule has 0 atom stereocenters. The molecule has 1 aromatic carbocycles. The third-order valence-corrected chi connectivity index (χ3v) is 6.61. The van der Waals surface area contributed by atoms with Crippen molar-refractivity contribution in [3.8, 4) is 0 Å². The molecule has 1 fully saturated rings. The molecule has 116 valence electrons. The zero-order chi connectivity index (χ0) is 14.8. The molecule has 0 radical (unpaired) electrons. The number of piperazine rings is 1. The average molecular weight is 332 g/mol. The van der Waals surface area contributed by atoms with Gasteiger partial charge in [0.05, 0.1) is 0 Å². The van der Waals surface area contributed by atoms with Crippen LogP contribution in [0.1, 0.15) is 17.5 Å². The summed E-state index contributed by atoms with van der Waals surface area (Å²) in [5.41, 5.74) is 3.10. The molecule has 3 heterocycles. The van der Waals surface area contributed by atoms with Gasteiger partial charge in [-0.05, 0) is 29.7 Å². The van der Waals surface area contributed by atoms with Gasteiger partial charge in [-0.3, -0.25) is 4.90 Å². The van der Waals surface area contributed by atoms with E-state index in [0.29, 0.717) is 0 Å². The van der Waals surface area contributed by atoms with Gasteiger partial charge in [-0.15, -0.1) is 23.1 Å². The van der Waals surface area contributed by atoms with E-state index in [1.54, 1.807) is 21.8 Å². The summed E-state index contributed by atoms with van der Waals surface area (Å²) in [6.07, 6.45) is 4.49. The number of aromatic nitrogens is 1. The maximum atomic E-state index is 4.43. The number of thiazole rings is 1. The first-order valence-electron chi connectivity index (χ1n) is 8.00. The van der Waals surface area contributed by atoms with Gasteiger partial charge in [0, 0.05) is 49.2 Å². The van der Waals surface area contributed by atoms with Crippen LogP contribution in [-0.2, 0) is 13.0 Å². The molecule has 5 heteroatoms. The Morgan fingerprint density at radius 3 is 2.86 bits per heavy atom. The van der Waals surface area contributed by atoms with Gasteiger partial charge in [0.25, 0.3) is 0 Å². The van der Waals surface area contributed by atoms with Crippen LogP contribution in [-0.4, -0.2) is 41.8 Å². The molecule has 2 aliphatic heterocycles. The first-order chi connectivity index (χ1) is 10.9. The molecule has 0 N–H and O–H groups in total. The highest BCUT2D eigenvalue weighted by molar-refractivity contribution is 7.99. The number of rotatable bonds is 3. The molecule has 2 aromatic rings. The zero-order valence-electron chi connectivity index (χ0n) is 12.7. The van der Waals surface area contributed by atoms with Crippen molar-refractivity contribution in [1.82, 2.24) is 9.88 Å². The van der Waals surface area contributed by atoms with E-state index in [0.717, 1.165) is 32.7 Å². The Balaban J connectivity index is 1.41. The second kappa shape index (κ2) is 6.60. The number of aryl methyl sites for hydroxylation is 1. The Hall–Kier alpha value is -1.04. The van der Waals surface area contributed by atoms with Gasteiger partial charge in [-0.1, -0.05) is 18.2 Å². The van der Waals surface area contributed by atoms with Crippen LogP contribution in [0, 0.1) is 0 Å². The first-order valence-corrected chi connectivity index (χ1v) is 9.87. The third kappa shape index (κ3) is 3.03. The molecule has 22 heavy (non-hydrogen) atoms. The smallest absolute Gasteiger partial charge is 0.185 e. The highest BCUT2D eigenvalue weighted by Crippen LogP contribution is 2.33. The minimum Gasteiger partial charge on any atom is -0.346 e. The molecule has 3 nitrogen and oxygen atoms in total. The molecule has 0 bridgehead atoms. The van der Waals surface area contributed by atoms with Gasteiger partial charge in [0.1, 0.15) is 0 Å². The van der Waals surface area contributed by atoms with E-state index in [2.05, 4.69) is 50.1 Å². The quantitative estimate of drug-likeness (QED) is 0.857. The maximum absolute atomic E-state index is 4.43. The fourth-order valence-corrected chi connectivity index (χ4v) is 5.15. The van der Waals surface area contributed by atoms with E-state index in [1.807, 2.05) is 6.20 Å². The summed E-state index contributed by atoms with van der Waals surface area (Å²) in [7, 11) is 0. The van der Waals surface area contributed by atoms with Crippen molar-refractivity contribution >= 4 is 28.2 Å². The predicted molar refractivity (Wildman–Crippen MR) is 95.1 cm³/mol. The standard InChI is InChI=1S/C17H21N3S2/c1-3-14-5-2-11-21-16(14)15(4-1)13-19-7-9-20(10-8-19)17-18-6-12-22-17/h1,3-4,6,12H,2,5,7-11,13H2. The van der Waals surface area contributed by atoms with Gasteiger partial charge in [-0.25, -0.2) is 4.98 Å². The summed E-state index contributed by atoms with van der Waals surface area (Å²) < 4.78 is 0. The van der Waals surface area contributed by atoms with Crippen molar-refractivity contribution in [1.29, 1.82) is 0 Å². The molecular formula is C17H21N3S2. The fraction of sp³-hybridized carbons (Fsp3) is 0.471. The molecule has 1 aromatic heterocycles. The van der Waals surface area contributed by atoms with Crippen LogP contribution in [0.5, 0.6) is 0 Å². The molecule has 2 aliphatic rings. The summed E-state index contributed by atoms with van der Waals surface area (Å²) in [5, 5.41) is 3.24. The Bertz CT molecular complexity index is 619. The number of nitrogens with zero attached hydrogens (tertiary/aromatic N) is 3. The minimum absolute atomic E-state index is 1.09. The van der Waals surface area contributed by atoms with Crippen molar-refractivity contribution in [3.05, 3.63) is 40.9 Å². The second-order valence-electron chi connectivity index (χ2n) is 5.94. The SMILES string of the molecule is c1cc2c(c(CN3CCN(c4nccs4)CC3)c1)SCCC2. The lowest BCUT2D eigenvalue weighted by Crippen LogP contribution is -2.46. The van der Waals surface area contributed by atoms with Crippen LogP contribution < -0.4 is 4.90 Å². The number of hydrogen-bond acceptors (Lipinski definition) is 5. The monoisotopic (exact) mass is 331 g/mol. The Morgan fingerprint density at radius 2 is 2.05 bits per heavy atom. The van der Waals surface area contributed by atoms with Crippen LogP contribution in [0.25, 0.3) is 0 Å². The number of fused-ring (bicyclic) bond motifs is 1. The fourth-order valence-electron chi connectivity index (χ4n) is 3.29. The van der Waals surface area contributed by atoms with Crippen LogP contribution in [0.3, 0.4) is 0 Å². The van der Waals surface area contributed by atoms with Crippen molar-refractivity contribution in [2.24, 2.45) is 0 Å². The largest absolute Gasteiger partial charge is 0.346 e. The maximum Gasteiger partial charge on any atom is 0.185 e. The molecule has 1 saturated heterocycles. The summed E-state index contributed by atoms with van der Waals surface area (Å²) in [6, 6.07) is 6.88. The van der Waals surface area contributed by atoms with Crippen LogP contribution in [0.15, 0.2) is 34.7 Å². The topological polar surface area (TPSA) is 19.4 Å². The van der Waals surface area contributed by atoms with Gasteiger partial charge >= 0.3 is 0 Å². The molecule has 0 spiro atoms. The lowest BCUT2D eigenvalue weighted by molar-refractivity contribution is 0.248. The molecule has 0 unspecified atom stereocenters. The second-order valence-corrected chi connectivity index (χ2v) is 7.91. The van der Waals surface area contributed by atoms with Gasteiger partial charge < -0.3 is 4.90 Å². The summed E-state index contributed by atoms with van der Waals surface area (Å²) in [5.74, 6) is 1.28. The summed E-state index contributed by atoms with van der Waals surface area (Å²) >= 11 is 3.80. The number of thioether (sulfide) groups is 1. The molecule has 4 rings (SSSR count). The number of benzene rings is 1. The van der Waals surface area contributed by atoms with Crippen molar-refractivity contribution in [2.45, 2.75) is 24.3 Å². The lowest BCUT2D eigenvalue weighted by atomic mass is 10.1. The van der Waals surface area contributed by atoms with Gasteiger partial charge in [0.15, 0.2) is 5.13 Å². The minimum atomic E-state index is 1.09. The first kappa shape index (κ1) is 14.5. The Labute approximate surface area is 140 Å². The van der Waals surface area contributed by atoms with Crippen LogP contribution in [0.2, 0.25) is 0 Å². The highest BCUT2D eigenvalue weighted by atomic mass is 32.2. The Morgan fingerprint density at radius 1 is 1.14 bits per heavy atom.